The maximum Gasteiger partial charge on any atom is 0.503 e. The molecule has 0 aromatic heterocycles. The second-order valence-corrected chi connectivity index (χ2v) is 1.72. The van der Waals surface area contributed by atoms with E-state index in [0.717, 1.165) is 0 Å². The van der Waals surface area contributed by atoms with Gasteiger partial charge in [-0.05, 0) is 5.83 Å². The summed E-state index contributed by atoms with van der Waals surface area (Å²) in [6, 6.07) is 12.0. The quantitative estimate of drug-likeness (QED) is 0.524. The minimum absolute atomic E-state index is 0. The molecule has 18 heavy (non-hydrogen) atoms. The second-order valence-electron chi connectivity index (χ2n) is 1.72. The molecular weight excluding hydrogens is 308 g/mol. The molecule has 0 radical (unpaired) electrons. The topological polar surface area (TPSA) is 115 Å². The number of alkyl halides is 1. The van der Waals surface area contributed by atoms with E-state index >= 15 is 0 Å². The molecule has 1 rings (SSSR count). The lowest BCUT2D eigenvalue weighted by Gasteiger charge is -1.69. The SMILES string of the molecule is C.C.CBr.O=C(O)O.O=C(O)O.c1ccccc1. The van der Waals surface area contributed by atoms with Crippen LogP contribution >= 0.6 is 15.9 Å². The molecule has 6 nitrogen and oxygen atoms in total. The Labute approximate surface area is 116 Å². The minimum Gasteiger partial charge on any atom is -0.450 e. The van der Waals surface area contributed by atoms with Crippen molar-refractivity contribution in [3.63, 3.8) is 0 Å². The lowest BCUT2D eigenvalue weighted by molar-refractivity contribution is 0.135. The summed E-state index contributed by atoms with van der Waals surface area (Å²) >= 11 is 2.94. The highest BCUT2D eigenvalue weighted by molar-refractivity contribution is 9.08. The van der Waals surface area contributed by atoms with E-state index in [9.17, 15) is 0 Å². The van der Waals surface area contributed by atoms with Gasteiger partial charge in [0, 0.05) is 0 Å². The fourth-order valence-corrected chi connectivity index (χ4v) is 0.385. The first-order valence-corrected chi connectivity index (χ1v) is 5.27. The van der Waals surface area contributed by atoms with Gasteiger partial charge in [0.25, 0.3) is 0 Å². The third kappa shape index (κ3) is 139. The van der Waals surface area contributed by atoms with Crippen LogP contribution in [0.25, 0.3) is 0 Å². The summed E-state index contributed by atoms with van der Waals surface area (Å²) < 4.78 is 0. The van der Waals surface area contributed by atoms with Gasteiger partial charge >= 0.3 is 12.3 Å². The Morgan fingerprint density at radius 2 is 0.722 bits per heavy atom. The van der Waals surface area contributed by atoms with Gasteiger partial charge in [0.15, 0.2) is 0 Å². The Morgan fingerprint density at radius 3 is 0.778 bits per heavy atom. The summed E-state index contributed by atoms with van der Waals surface area (Å²) in [5.41, 5.74) is 0. The zero-order valence-electron chi connectivity index (χ0n) is 8.45. The van der Waals surface area contributed by atoms with Crippen LogP contribution in [0.1, 0.15) is 14.9 Å². The van der Waals surface area contributed by atoms with Crippen LogP contribution in [0.15, 0.2) is 36.4 Å². The van der Waals surface area contributed by atoms with Crippen molar-refractivity contribution in [1.82, 2.24) is 0 Å². The number of hydrogen-bond donors (Lipinski definition) is 4. The molecule has 0 aliphatic carbocycles. The monoisotopic (exact) mass is 328 g/mol. The van der Waals surface area contributed by atoms with Crippen LogP contribution in [-0.2, 0) is 0 Å². The Bertz CT molecular complexity index is 206. The predicted octanol–water partition coefficient (Wildman–Crippen LogP) is 4.41. The Morgan fingerprint density at radius 1 is 0.667 bits per heavy atom. The average molecular weight is 329 g/mol. The van der Waals surface area contributed by atoms with E-state index in [0.29, 0.717) is 0 Å². The first-order valence-electron chi connectivity index (χ1n) is 3.68. The minimum atomic E-state index is -1.83. The van der Waals surface area contributed by atoms with Gasteiger partial charge in [-0.1, -0.05) is 67.2 Å². The molecule has 1 aromatic carbocycles. The number of carbonyl (C=O) groups is 2. The van der Waals surface area contributed by atoms with Gasteiger partial charge in [-0.2, -0.15) is 0 Å². The molecule has 0 unspecified atom stereocenters. The van der Waals surface area contributed by atoms with Crippen LogP contribution in [0.5, 0.6) is 0 Å². The molecule has 0 spiro atoms. The van der Waals surface area contributed by atoms with E-state index in [4.69, 9.17) is 30.0 Å². The summed E-state index contributed by atoms with van der Waals surface area (Å²) in [4.78, 5) is 17.1. The van der Waals surface area contributed by atoms with Crippen LogP contribution in [0.4, 0.5) is 9.59 Å². The summed E-state index contributed by atoms with van der Waals surface area (Å²) in [6.07, 6.45) is -3.67. The normalized spacial score (nSPS) is 5.67. The molecule has 0 saturated heterocycles. The van der Waals surface area contributed by atoms with Crippen molar-refractivity contribution in [2.75, 3.05) is 5.83 Å². The van der Waals surface area contributed by atoms with Gasteiger partial charge < -0.3 is 20.4 Å². The second kappa shape index (κ2) is 29.5. The van der Waals surface area contributed by atoms with Crippen molar-refractivity contribution < 1.29 is 30.0 Å². The van der Waals surface area contributed by atoms with Crippen molar-refractivity contribution in [3.05, 3.63) is 36.4 Å². The summed E-state index contributed by atoms with van der Waals surface area (Å²) in [5, 5.41) is 27.9. The Kier molecular flexibility index (Phi) is 48.9. The molecular formula is C11H21BrO6. The van der Waals surface area contributed by atoms with Crippen LogP contribution in [-0.4, -0.2) is 38.6 Å². The summed E-state index contributed by atoms with van der Waals surface area (Å²) in [7, 11) is 0. The lowest BCUT2D eigenvalue weighted by atomic mass is 10.4. The fourth-order valence-electron chi connectivity index (χ4n) is 0.385. The molecule has 0 bridgehead atoms. The first-order chi connectivity index (χ1) is 7.46. The number of halogens is 1. The molecule has 108 valence electrons. The van der Waals surface area contributed by atoms with Crippen LogP contribution in [0.2, 0.25) is 0 Å². The maximum atomic E-state index is 8.56. The molecule has 0 fully saturated rings. The Hall–Kier alpha value is -1.76. The van der Waals surface area contributed by atoms with Crippen molar-refractivity contribution >= 4 is 28.2 Å². The van der Waals surface area contributed by atoms with E-state index in [1.807, 2.05) is 42.2 Å². The highest BCUT2D eigenvalue weighted by atomic mass is 79.9. The summed E-state index contributed by atoms with van der Waals surface area (Å²) in [6.45, 7) is 0. The van der Waals surface area contributed by atoms with E-state index in [2.05, 4.69) is 15.9 Å². The number of rotatable bonds is 0. The fraction of sp³-hybridized carbons (Fsp3) is 0.273. The molecule has 0 amide bonds. The van der Waals surface area contributed by atoms with Crippen molar-refractivity contribution in [2.24, 2.45) is 0 Å². The Balaban J connectivity index is -0.0000000429. The van der Waals surface area contributed by atoms with Crippen LogP contribution in [0, 0.1) is 0 Å². The number of hydrogen-bond acceptors (Lipinski definition) is 2. The number of carboxylic acid groups (broad SMARTS) is 4. The first kappa shape index (κ1) is 29.9. The third-order valence-corrected chi connectivity index (χ3v) is 0.667. The maximum absolute atomic E-state index is 8.56. The van der Waals surface area contributed by atoms with Crippen LogP contribution in [0.3, 0.4) is 0 Å². The zero-order valence-corrected chi connectivity index (χ0v) is 10.0. The van der Waals surface area contributed by atoms with Gasteiger partial charge in [0.1, 0.15) is 0 Å². The zero-order chi connectivity index (χ0) is 13.4. The molecule has 0 heterocycles. The number of benzene rings is 1. The van der Waals surface area contributed by atoms with Crippen LogP contribution < -0.4 is 0 Å². The molecule has 0 saturated carbocycles. The molecule has 1 aromatic rings. The molecule has 7 heteroatoms. The van der Waals surface area contributed by atoms with E-state index in [1.165, 1.54) is 0 Å². The molecule has 0 atom stereocenters. The van der Waals surface area contributed by atoms with Crippen molar-refractivity contribution in [1.29, 1.82) is 0 Å². The average Bonchev–Trinajstić information content (AvgIpc) is 2.22. The summed E-state index contributed by atoms with van der Waals surface area (Å²) in [5.74, 6) is 1.81. The lowest BCUT2D eigenvalue weighted by Crippen LogP contribution is -1.81. The third-order valence-electron chi connectivity index (χ3n) is 0.667. The molecule has 0 aliphatic heterocycles. The van der Waals surface area contributed by atoms with Gasteiger partial charge in [0.05, 0.1) is 0 Å². The van der Waals surface area contributed by atoms with E-state index in [1.54, 1.807) is 0 Å². The van der Waals surface area contributed by atoms with Gasteiger partial charge in [-0.15, -0.1) is 0 Å². The van der Waals surface area contributed by atoms with Gasteiger partial charge in [-0.3, -0.25) is 0 Å². The highest BCUT2D eigenvalue weighted by Crippen LogP contribution is 1.79. The van der Waals surface area contributed by atoms with E-state index in [-0.39, 0.29) is 14.9 Å². The van der Waals surface area contributed by atoms with Crippen molar-refractivity contribution in [2.45, 2.75) is 14.9 Å². The van der Waals surface area contributed by atoms with Crippen molar-refractivity contribution in [3.8, 4) is 0 Å². The highest BCUT2D eigenvalue weighted by Gasteiger charge is 1.70. The van der Waals surface area contributed by atoms with Gasteiger partial charge in [-0.25, -0.2) is 9.59 Å². The predicted molar refractivity (Wildman–Crippen MR) is 76.1 cm³/mol. The standard InChI is InChI=1S/C6H6.CH3Br.2CH2O3.2CH4/c1-2-4-6-5-3-1;1-2;2*2-1(3)4;;/h1-6H;1H3;2*(H2,2,3,4);2*1H4. The largest absolute Gasteiger partial charge is 0.503 e. The van der Waals surface area contributed by atoms with Gasteiger partial charge in [0.2, 0.25) is 0 Å². The van der Waals surface area contributed by atoms with E-state index < -0.39 is 12.3 Å². The smallest absolute Gasteiger partial charge is 0.450 e. The molecule has 0 aliphatic rings. The molecule has 4 N–H and O–H groups in total.